The first-order valence-corrected chi connectivity index (χ1v) is 5.67. The first-order chi connectivity index (χ1) is 8.87. The van der Waals surface area contributed by atoms with Crippen LogP contribution in [0, 0.1) is 0 Å². The number of alkyl halides is 3. The van der Waals surface area contributed by atoms with Gasteiger partial charge in [-0.3, -0.25) is 9.89 Å². The second-order valence-electron chi connectivity index (χ2n) is 4.31. The SMILES string of the molecule is CC(CC(F)(F)F)NC(=O)c1n[nH]c2ccccc12. The van der Waals surface area contributed by atoms with Crippen molar-refractivity contribution < 1.29 is 18.0 Å². The number of carbonyl (C=O) groups excluding carboxylic acids is 1. The molecular formula is C12H12F3N3O. The molecule has 0 aliphatic carbocycles. The minimum Gasteiger partial charge on any atom is -0.348 e. The zero-order chi connectivity index (χ0) is 14.0. The van der Waals surface area contributed by atoms with Gasteiger partial charge >= 0.3 is 6.18 Å². The van der Waals surface area contributed by atoms with Gasteiger partial charge < -0.3 is 5.32 Å². The van der Waals surface area contributed by atoms with Gasteiger partial charge in [0.1, 0.15) is 0 Å². The minimum atomic E-state index is -4.31. The summed E-state index contributed by atoms with van der Waals surface area (Å²) in [5.74, 6) is -0.616. The van der Waals surface area contributed by atoms with E-state index in [9.17, 15) is 18.0 Å². The monoisotopic (exact) mass is 271 g/mol. The molecule has 2 N–H and O–H groups in total. The molecule has 1 heterocycles. The lowest BCUT2D eigenvalue weighted by molar-refractivity contribution is -0.138. The van der Waals surface area contributed by atoms with E-state index >= 15 is 0 Å². The van der Waals surface area contributed by atoms with Crippen LogP contribution in [0.25, 0.3) is 10.9 Å². The Morgan fingerprint density at radius 3 is 2.79 bits per heavy atom. The number of para-hydroxylation sites is 1. The third-order valence-electron chi connectivity index (χ3n) is 2.60. The van der Waals surface area contributed by atoms with Gasteiger partial charge in [0.05, 0.1) is 11.9 Å². The Balaban J connectivity index is 2.12. The number of amides is 1. The molecular weight excluding hydrogens is 259 g/mol. The summed E-state index contributed by atoms with van der Waals surface area (Å²) >= 11 is 0. The number of nitrogens with one attached hydrogen (secondary N) is 2. The average molecular weight is 271 g/mol. The van der Waals surface area contributed by atoms with Crippen molar-refractivity contribution in [1.82, 2.24) is 15.5 Å². The van der Waals surface area contributed by atoms with Gasteiger partial charge in [-0.2, -0.15) is 18.3 Å². The van der Waals surface area contributed by atoms with Crippen LogP contribution in [0.3, 0.4) is 0 Å². The zero-order valence-corrected chi connectivity index (χ0v) is 10.1. The Kier molecular flexibility index (Phi) is 3.46. The molecule has 2 rings (SSSR count). The first-order valence-electron chi connectivity index (χ1n) is 5.67. The molecule has 0 saturated carbocycles. The molecule has 7 heteroatoms. The fraction of sp³-hybridized carbons (Fsp3) is 0.333. The van der Waals surface area contributed by atoms with Crippen LogP contribution < -0.4 is 5.32 Å². The lowest BCUT2D eigenvalue weighted by atomic mass is 10.2. The van der Waals surface area contributed by atoms with Crippen molar-refractivity contribution in [3.63, 3.8) is 0 Å². The molecule has 0 aliphatic rings. The van der Waals surface area contributed by atoms with E-state index < -0.39 is 24.5 Å². The topological polar surface area (TPSA) is 57.8 Å². The maximum Gasteiger partial charge on any atom is 0.391 e. The van der Waals surface area contributed by atoms with Crippen molar-refractivity contribution in [3.8, 4) is 0 Å². The maximum absolute atomic E-state index is 12.2. The Labute approximate surface area is 107 Å². The zero-order valence-electron chi connectivity index (χ0n) is 10.1. The predicted molar refractivity (Wildman–Crippen MR) is 63.7 cm³/mol. The summed E-state index contributed by atoms with van der Waals surface area (Å²) in [7, 11) is 0. The van der Waals surface area contributed by atoms with Crippen molar-refractivity contribution in [3.05, 3.63) is 30.0 Å². The molecule has 0 saturated heterocycles. The highest BCUT2D eigenvalue weighted by Gasteiger charge is 2.31. The highest BCUT2D eigenvalue weighted by molar-refractivity contribution is 6.04. The molecule has 0 aliphatic heterocycles. The van der Waals surface area contributed by atoms with Crippen LogP contribution in [-0.2, 0) is 0 Å². The molecule has 19 heavy (non-hydrogen) atoms. The number of rotatable bonds is 3. The maximum atomic E-state index is 12.2. The number of benzene rings is 1. The number of aromatic amines is 1. The fourth-order valence-electron chi connectivity index (χ4n) is 1.83. The number of nitrogens with zero attached hydrogens (tertiary/aromatic N) is 1. The van der Waals surface area contributed by atoms with Gasteiger partial charge in [-0.1, -0.05) is 18.2 Å². The van der Waals surface area contributed by atoms with Gasteiger partial charge in [-0.15, -0.1) is 0 Å². The van der Waals surface area contributed by atoms with Crippen LogP contribution in [-0.4, -0.2) is 28.3 Å². The standard InChI is InChI=1S/C12H12F3N3O/c1-7(6-12(13,14)15)16-11(19)10-8-4-2-3-5-9(8)17-18-10/h2-5,7H,6H2,1H3,(H,16,19)(H,17,18). The Morgan fingerprint density at radius 2 is 2.11 bits per heavy atom. The number of hydrogen-bond donors (Lipinski definition) is 2. The van der Waals surface area contributed by atoms with Crippen molar-refractivity contribution >= 4 is 16.8 Å². The molecule has 1 aromatic heterocycles. The number of fused-ring (bicyclic) bond motifs is 1. The van der Waals surface area contributed by atoms with Crippen LogP contribution >= 0.6 is 0 Å². The fourth-order valence-corrected chi connectivity index (χ4v) is 1.83. The molecule has 0 radical (unpaired) electrons. The number of carbonyl (C=O) groups is 1. The first kappa shape index (κ1) is 13.4. The molecule has 0 bridgehead atoms. The smallest absolute Gasteiger partial charge is 0.348 e. The minimum absolute atomic E-state index is 0.102. The summed E-state index contributed by atoms with van der Waals surface area (Å²) in [6, 6.07) is 5.92. The quantitative estimate of drug-likeness (QED) is 0.901. The lowest BCUT2D eigenvalue weighted by Gasteiger charge is -2.15. The highest BCUT2D eigenvalue weighted by Crippen LogP contribution is 2.22. The average Bonchev–Trinajstić information content (AvgIpc) is 2.69. The Hall–Kier alpha value is -2.05. The second-order valence-corrected chi connectivity index (χ2v) is 4.31. The van der Waals surface area contributed by atoms with E-state index in [1.807, 2.05) is 0 Å². The van der Waals surface area contributed by atoms with Gasteiger partial charge in [-0.25, -0.2) is 0 Å². The van der Waals surface area contributed by atoms with Crippen LogP contribution in [0.5, 0.6) is 0 Å². The summed E-state index contributed by atoms with van der Waals surface area (Å²) in [4.78, 5) is 11.9. The van der Waals surface area contributed by atoms with Gasteiger partial charge in [0, 0.05) is 11.4 Å². The van der Waals surface area contributed by atoms with Gasteiger partial charge in [-0.05, 0) is 13.0 Å². The molecule has 4 nitrogen and oxygen atoms in total. The van der Waals surface area contributed by atoms with E-state index in [2.05, 4.69) is 15.5 Å². The summed E-state index contributed by atoms with van der Waals surface area (Å²) in [6.45, 7) is 1.31. The molecule has 1 amide bonds. The van der Waals surface area contributed by atoms with Crippen LogP contribution in [0.15, 0.2) is 24.3 Å². The Morgan fingerprint density at radius 1 is 1.42 bits per heavy atom. The molecule has 1 atom stereocenters. The summed E-state index contributed by atoms with van der Waals surface area (Å²) < 4.78 is 36.5. The summed E-state index contributed by atoms with van der Waals surface area (Å²) in [5, 5.41) is 9.36. The summed E-state index contributed by atoms with van der Waals surface area (Å²) in [5.41, 5.74) is 0.765. The van der Waals surface area contributed by atoms with Gasteiger partial charge in [0.15, 0.2) is 5.69 Å². The molecule has 0 fully saturated rings. The van der Waals surface area contributed by atoms with Crippen molar-refractivity contribution in [2.75, 3.05) is 0 Å². The van der Waals surface area contributed by atoms with Crippen LogP contribution in [0.4, 0.5) is 13.2 Å². The molecule has 0 spiro atoms. The van der Waals surface area contributed by atoms with Gasteiger partial charge in [0.2, 0.25) is 0 Å². The summed E-state index contributed by atoms with van der Waals surface area (Å²) in [6.07, 6.45) is -5.37. The normalized spacial score (nSPS) is 13.5. The van der Waals surface area contributed by atoms with Crippen LogP contribution in [0.1, 0.15) is 23.8 Å². The predicted octanol–water partition coefficient (Wildman–Crippen LogP) is 2.63. The van der Waals surface area contributed by atoms with E-state index in [4.69, 9.17) is 0 Å². The van der Waals surface area contributed by atoms with Crippen molar-refractivity contribution in [1.29, 1.82) is 0 Å². The number of halogens is 3. The third-order valence-corrected chi connectivity index (χ3v) is 2.60. The second kappa shape index (κ2) is 4.91. The van der Waals surface area contributed by atoms with E-state index in [-0.39, 0.29) is 5.69 Å². The lowest BCUT2D eigenvalue weighted by Crippen LogP contribution is -2.36. The van der Waals surface area contributed by atoms with E-state index in [1.54, 1.807) is 24.3 Å². The molecule has 1 aromatic carbocycles. The highest BCUT2D eigenvalue weighted by atomic mass is 19.4. The van der Waals surface area contributed by atoms with Crippen molar-refractivity contribution in [2.24, 2.45) is 0 Å². The van der Waals surface area contributed by atoms with Crippen molar-refractivity contribution in [2.45, 2.75) is 25.6 Å². The van der Waals surface area contributed by atoms with Gasteiger partial charge in [0.25, 0.3) is 5.91 Å². The molecule has 102 valence electrons. The number of H-pyrrole nitrogens is 1. The third kappa shape index (κ3) is 3.24. The van der Waals surface area contributed by atoms with Crippen LogP contribution in [0.2, 0.25) is 0 Å². The largest absolute Gasteiger partial charge is 0.391 e. The molecule has 1 unspecified atom stereocenters. The Bertz CT molecular complexity index is 591. The number of hydrogen-bond acceptors (Lipinski definition) is 2. The number of aromatic nitrogens is 2. The molecule has 2 aromatic rings. The van der Waals surface area contributed by atoms with E-state index in [0.29, 0.717) is 10.9 Å². The van der Waals surface area contributed by atoms with E-state index in [1.165, 1.54) is 6.92 Å². The van der Waals surface area contributed by atoms with E-state index in [0.717, 1.165) is 0 Å².